The Kier molecular flexibility index (Phi) is 7.22. The molecule has 8 heteroatoms. The lowest BCUT2D eigenvalue weighted by Gasteiger charge is -2.61. The largest absolute Gasteiger partial charge is 0.346 e. The predicted octanol–water partition coefficient (Wildman–Crippen LogP) is 7.29. The molecule has 10 aliphatic rings. The third kappa shape index (κ3) is 4.29. The summed E-state index contributed by atoms with van der Waals surface area (Å²) in [7, 11) is 0. The lowest BCUT2D eigenvalue weighted by Crippen LogP contribution is -2.70. The SMILES string of the molecule is CCC(CC1O[C@@H]2O[C@]3(C)CC[C@H]4[C@H](C)CC[C@@H]([C@H]1C)C24OO3)CC1O[C@@H]2O[C@]3(C)CC[C@H]4[C@H](C)CC[C@@H]([C@H]1C)C24OO3. The van der Waals surface area contributed by atoms with E-state index in [0.717, 1.165) is 57.8 Å². The van der Waals surface area contributed by atoms with Crippen LogP contribution >= 0.6 is 0 Å². The summed E-state index contributed by atoms with van der Waals surface area (Å²) in [5.41, 5.74) is -0.993. The van der Waals surface area contributed by atoms with Gasteiger partial charge in [-0.15, -0.1) is 0 Å². The van der Waals surface area contributed by atoms with E-state index in [9.17, 15) is 0 Å². The van der Waals surface area contributed by atoms with Crippen LogP contribution in [0.3, 0.4) is 0 Å². The maximum absolute atomic E-state index is 7.01. The molecular weight excluding hydrogens is 548 g/mol. The Morgan fingerprint density at radius 1 is 0.581 bits per heavy atom. The van der Waals surface area contributed by atoms with Gasteiger partial charge in [-0.05, 0) is 107 Å². The molecule has 10 rings (SSSR count). The topological polar surface area (TPSA) is 73.8 Å². The minimum Gasteiger partial charge on any atom is -0.346 e. The van der Waals surface area contributed by atoms with Gasteiger partial charge in [0.05, 0.1) is 12.2 Å². The van der Waals surface area contributed by atoms with Crippen molar-refractivity contribution in [1.29, 1.82) is 0 Å². The van der Waals surface area contributed by atoms with E-state index in [-0.39, 0.29) is 24.8 Å². The van der Waals surface area contributed by atoms with E-state index in [1.165, 1.54) is 12.8 Å². The first-order valence-electron chi connectivity index (χ1n) is 17.9. The highest BCUT2D eigenvalue weighted by Gasteiger charge is 2.71. The van der Waals surface area contributed by atoms with Crippen molar-refractivity contribution in [2.75, 3.05) is 0 Å². The highest BCUT2D eigenvalue weighted by atomic mass is 17.3. The fraction of sp³-hybridized carbons (Fsp3) is 1.00. The van der Waals surface area contributed by atoms with Crippen LogP contribution in [0.15, 0.2) is 0 Å². The molecule has 8 saturated heterocycles. The van der Waals surface area contributed by atoms with Gasteiger partial charge in [0, 0.05) is 24.7 Å². The summed E-state index contributed by atoms with van der Waals surface area (Å²) in [5, 5.41) is 0. The summed E-state index contributed by atoms with van der Waals surface area (Å²) >= 11 is 0. The molecule has 0 radical (unpaired) electrons. The quantitative estimate of drug-likeness (QED) is 0.303. The van der Waals surface area contributed by atoms with Gasteiger partial charge in [-0.1, -0.05) is 41.0 Å². The zero-order valence-electron chi connectivity index (χ0n) is 27.5. The standard InChI is InChI=1S/C35H56O8/c1-8-23(17-28-21(4)26-11-9-19(2)24-13-15-32(6)38-30(36-28)34(24,26)42-40-32)18-29-22(5)27-12-10-20(3)25-14-16-33(7)39-31(37-29)35(25,27)43-41-33/h19-31H,8-18H2,1-7H3/t19-,20-,21-,22-,23?,24+,25+,26+,27+,28?,29?,30-,31-,32+,33+,34?,35?/m1/s1. The molecule has 8 nitrogen and oxygen atoms in total. The average Bonchev–Trinajstić information content (AvgIpc) is 3.35. The summed E-state index contributed by atoms with van der Waals surface area (Å²) in [6.45, 7) is 15.9. The summed E-state index contributed by atoms with van der Waals surface area (Å²) in [4.78, 5) is 24.9. The van der Waals surface area contributed by atoms with Crippen LogP contribution in [0.1, 0.15) is 119 Å². The minimum absolute atomic E-state index is 0.122. The molecule has 244 valence electrons. The molecule has 2 aliphatic carbocycles. The molecule has 43 heavy (non-hydrogen) atoms. The van der Waals surface area contributed by atoms with Crippen LogP contribution < -0.4 is 0 Å². The average molecular weight is 605 g/mol. The second-order valence-electron chi connectivity index (χ2n) is 16.6. The van der Waals surface area contributed by atoms with Gasteiger partial charge in [-0.3, -0.25) is 0 Å². The van der Waals surface area contributed by atoms with Crippen LogP contribution in [0.5, 0.6) is 0 Å². The Balaban J connectivity index is 1.02. The monoisotopic (exact) mass is 604 g/mol. The fourth-order valence-electron chi connectivity index (χ4n) is 11.6. The summed E-state index contributed by atoms with van der Waals surface area (Å²) in [6.07, 6.45) is 11.2. The highest BCUT2D eigenvalue weighted by molar-refractivity contribution is 5.11. The first-order valence-corrected chi connectivity index (χ1v) is 17.9. The van der Waals surface area contributed by atoms with Crippen molar-refractivity contribution < 1.29 is 38.5 Å². The van der Waals surface area contributed by atoms with Crippen LogP contribution in [-0.4, -0.2) is 47.6 Å². The maximum atomic E-state index is 7.01. The van der Waals surface area contributed by atoms with Crippen LogP contribution in [0.2, 0.25) is 0 Å². The van der Waals surface area contributed by atoms with E-state index < -0.39 is 22.8 Å². The van der Waals surface area contributed by atoms with E-state index in [1.807, 2.05) is 13.8 Å². The molecule has 10 fully saturated rings. The van der Waals surface area contributed by atoms with Gasteiger partial charge >= 0.3 is 0 Å². The van der Waals surface area contributed by atoms with Gasteiger partial charge in [0.15, 0.2) is 23.8 Å². The van der Waals surface area contributed by atoms with Crippen LogP contribution in [0.4, 0.5) is 0 Å². The molecule has 0 aromatic heterocycles. The minimum atomic E-state index is -0.732. The summed E-state index contributed by atoms with van der Waals surface area (Å²) in [5.74, 6) is 2.46. The molecule has 2 saturated carbocycles. The molecule has 4 unspecified atom stereocenters. The maximum Gasteiger partial charge on any atom is 0.201 e. The lowest BCUT2D eigenvalue weighted by molar-refractivity contribution is -0.571. The van der Waals surface area contributed by atoms with Gasteiger partial charge in [0.1, 0.15) is 0 Å². The zero-order chi connectivity index (χ0) is 29.9. The van der Waals surface area contributed by atoms with Crippen LogP contribution in [-0.2, 0) is 38.5 Å². The molecule has 0 N–H and O–H groups in total. The van der Waals surface area contributed by atoms with Gasteiger partial charge < -0.3 is 18.9 Å². The molecule has 16 atom stereocenters. The molecule has 4 bridgehead atoms. The van der Waals surface area contributed by atoms with E-state index >= 15 is 0 Å². The lowest BCUT2D eigenvalue weighted by atomic mass is 9.56. The number of rotatable bonds is 5. The zero-order valence-corrected chi connectivity index (χ0v) is 27.5. The fourth-order valence-corrected chi connectivity index (χ4v) is 11.6. The third-order valence-electron chi connectivity index (χ3n) is 14.3. The van der Waals surface area contributed by atoms with E-state index in [1.54, 1.807) is 0 Å². The number of ether oxygens (including phenoxy) is 4. The van der Waals surface area contributed by atoms with E-state index in [0.29, 0.717) is 53.3 Å². The Bertz CT molecular complexity index is 992. The highest BCUT2D eigenvalue weighted by Crippen LogP contribution is 2.63. The van der Waals surface area contributed by atoms with E-state index in [2.05, 4.69) is 34.6 Å². The van der Waals surface area contributed by atoms with Crippen LogP contribution in [0, 0.1) is 53.3 Å². The molecular formula is C35H56O8. The second kappa shape index (κ2) is 10.3. The molecule has 0 amide bonds. The molecule has 8 aliphatic heterocycles. The molecule has 2 spiro atoms. The Hall–Kier alpha value is -0.320. The number of hydrogen-bond acceptors (Lipinski definition) is 8. The predicted molar refractivity (Wildman–Crippen MR) is 157 cm³/mol. The van der Waals surface area contributed by atoms with Gasteiger partial charge in [0.25, 0.3) is 0 Å². The third-order valence-corrected chi connectivity index (χ3v) is 14.3. The van der Waals surface area contributed by atoms with Crippen LogP contribution in [0.25, 0.3) is 0 Å². The number of hydrogen-bond donors (Lipinski definition) is 0. The van der Waals surface area contributed by atoms with Gasteiger partial charge in [-0.25, -0.2) is 19.6 Å². The van der Waals surface area contributed by atoms with Gasteiger partial charge in [-0.2, -0.15) is 0 Å². The Morgan fingerprint density at radius 2 is 1.02 bits per heavy atom. The summed E-state index contributed by atoms with van der Waals surface area (Å²) in [6, 6.07) is 0. The van der Waals surface area contributed by atoms with Gasteiger partial charge in [0.2, 0.25) is 11.6 Å². The smallest absolute Gasteiger partial charge is 0.201 e. The van der Waals surface area contributed by atoms with Crippen molar-refractivity contribution in [3.63, 3.8) is 0 Å². The van der Waals surface area contributed by atoms with Crippen molar-refractivity contribution in [3.8, 4) is 0 Å². The Labute approximate surface area is 258 Å². The number of fused-ring (bicyclic) bond motifs is 4. The van der Waals surface area contributed by atoms with Crippen molar-refractivity contribution in [2.24, 2.45) is 53.3 Å². The molecule has 0 aromatic carbocycles. The first kappa shape index (κ1) is 30.0. The molecule has 8 heterocycles. The van der Waals surface area contributed by atoms with Crippen molar-refractivity contribution >= 4 is 0 Å². The van der Waals surface area contributed by atoms with E-state index in [4.69, 9.17) is 38.5 Å². The van der Waals surface area contributed by atoms with Crippen molar-refractivity contribution in [3.05, 3.63) is 0 Å². The van der Waals surface area contributed by atoms with Crippen molar-refractivity contribution in [1.82, 2.24) is 0 Å². The normalized spacial score (nSPS) is 59.5. The Morgan fingerprint density at radius 3 is 1.44 bits per heavy atom. The van der Waals surface area contributed by atoms with Crippen molar-refractivity contribution in [2.45, 2.75) is 167 Å². The summed E-state index contributed by atoms with van der Waals surface area (Å²) < 4.78 is 27.3. The first-order chi connectivity index (χ1) is 20.5. The second-order valence-corrected chi connectivity index (χ2v) is 16.6. The molecule has 0 aromatic rings.